The van der Waals surface area contributed by atoms with Crippen LogP contribution in [0, 0.1) is 5.92 Å². The Labute approximate surface area is 112 Å². The van der Waals surface area contributed by atoms with Crippen LogP contribution in [0.2, 0.25) is 5.02 Å². The molecule has 3 nitrogen and oxygen atoms in total. The second kappa shape index (κ2) is 5.72. The molecule has 1 saturated carbocycles. The first-order valence-corrected chi connectivity index (χ1v) is 6.70. The van der Waals surface area contributed by atoms with Crippen LogP contribution in [-0.4, -0.2) is 35.6 Å². The van der Waals surface area contributed by atoms with Crippen LogP contribution in [0.4, 0.5) is 0 Å². The van der Waals surface area contributed by atoms with Crippen molar-refractivity contribution in [2.24, 2.45) is 5.92 Å². The van der Waals surface area contributed by atoms with E-state index in [-0.39, 0.29) is 18.4 Å². The van der Waals surface area contributed by atoms with Crippen LogP contribution in [-0.2, 0) is 4.79 Å². The number of hydrogen-bond donors (Lipinski definition) is 1. The molecule has 98 valence electrons. The molecule has 0 spiro atoms. The Balaban J connectivity index is 1.98. The number of hydrogen-bond acceptors (Lipinski definition) is 2. The normalized spacial score (nSPS) is 21.7. The molecule has 2 unspecified atom stereocenters. The number of nitrogens with zero attached hydrogens (tertiary/aromatic N) is 1. The lowest BCUT2D eigenvalue weighted by molar-refractivity contribution is -0.133. The van der Waals surface area contributed by atoms with Crippen LogP contribution in [0.1, 0.15) is 24.8 Å². The van der Waals surface area contributed by atoms with Crippen molar-refractivity contribution in [1.82, 2.24) is 4.90 Å². The van der Waals surface area contributed by atoms with E-state index in [2.05, 4.69) is 0 Å². The number of amides is 1. The fourth-order valence-electron chi connectivity index (χ4n) is 2.33. The van der Waals surface area contributed by atoms with E-state index in [9.17, 15) is 4.79 Å². The van der Waals surface area contributed by atoms with Crippen LogP contribution in [0.15, 0.2) is 24.3 Å². The topological polar surface area (TPSA) is 40.5 Å². The van der Waals surface area contributed by atoms with Gasteiger partial charge in [0.2, 0.25) is 5.91 Å². The summed E-state index contributed by atoms with van der Waals surface area (Å²) >= 11 is 5.85. The lowest BCUT2D eigenvalue weighted by Gasteiger charge is -2.19. The number of rotatable bonds is 5. The standard InChI is InChI=1S/C14H18ClNO2/c1-2-16(7-8-17)14(18)13-9-12(13)10-3-5-11(15)6-4-10/h3-6,12-13,17H,2,7-9H2,1H3. The SMILES string of the molecule is CCN(CCO)C(=O)C1CC1c1ccc(Cl)cc1. The highest BCUT2D eigenvalue weighted by molar-refractivity contribution is 6.30. The van der Waals surface area contributed by atoms with Crippen molar-refractivity contribution in [2.75, 3.05) is 19.7 Å². The molecule has 4 heteroatoms. The van der Waals surface area contributed by atoms with Crippen molar-refractivity contribution in [2.45, 2.75) is 19.3 Å². The van der Waals surface area contributed by atoms with Crippen molar-refractivity contribution in [3.05, 3.63) is 34.9 Å². The van der Waals surface area contributed by atoms with Crippen molar-refractivity contribution < 1.29 is 9.90 Å². The number of aliphatic hydroxyl groups is 1. The van der Waals surface area contributed by atoms with Gasteiger partial charge in [-0.3, -0.25) is 4.79 Å². The van der Waals surface area contributed by atoms with Gasteiger partial charge in [0.15, 0.2) is 0 Å². The maximum atomic E-state index is 12.2. The van der Waals surface area contributed by atoms with Crippen molar-refractivity contribution >= 4 is 17.5 Å². The monoisotopic (exact) mass is 267 g/mol. The molecule has 1 aromatic rings. The van der Waals surface area contributed by atoms with Crippen LogP contribution < -0.4 is 0 Å². The molecule has 1 aromatic carbocycles. The third-order valence-corrected chi connectivity index (χ3v) is 3.72. The van der Waals surface area contributed by atoms with E-state index < -0.39 is 0 Å². The van der Waals surface area contributed by atoms with E-state index >= 15 is 0 Å². The summed E-state index contributed by atoms with van der Waals surface area (Å²) in [6.45, 7) is 3.05. The van der Waals surface area contributed by atoms with E-state index in [1.165, 1.54) is 5.56 Å². The number of likely N-dealkylation sites (N-methyl/N-ethyl adjacent to an activating group) is 1. The Bertz CT molecular complexity index is 418. The van der Waals surface area contributed by atoms with Gasteiger partial charge in [-0.1, -0.05) is 23.7 Å². The smallest absolute Gasteiger partial charge is 0.226 e. The largest absolute Gasteiger partial charge is 0.395 e. The lowest BCUT2D eigenvalue weighted by atomic mass is 10.1. The van der Waals surface area contributed by atoms with Crippen LogP contribution in [0.25, 0.3) is 0 Å². The average Bonchev–Trinajstić information content (AvgIpc) is 3.16. The van der Waals surface area contributed by atoms with Gasteiger partial charge < -0.3 is 10.0 Å². The Morgan fingerprint density at radius 3 is 2.67 bits per heavy atom. The molecule has 1 N–H and O–H groups in total. The molecular formula is C14H18ClNO2. The molecule has 18 heavy (non-hydrogen) atoms. The van der Waals surface area contributed by atoms with Gasteiger partial charge in [0.05, 0.1) is 6.61 Å². The van der Waals surface area contributed by atoms with Gasteiger partial charge in [0.1, 0.15) is 0 Å². The predicted molar refractivity (Wildman–Crippen MR) is 71.6 cm³/mol. The molecule has 0 radical (unpaired) electrons. The second-order valence-corrected chi connectivity index (χ2v) is 5.08. The van der Waals surface area contributed by atoms with E-state index in [0.29, 0.717) is 19.0 Å². The summed E-state index contributed by atoms with van der Waals surface area (Å²) in [4.78, 5) is 13.9. The molecular weight excluding hydrogens is 250 g/mol. The lowest BCUT2D eigenvalue weighted by Crippen LogP contribution is -2.34. The Morgan fingerprint density at radius 2 is 2.11 bits per heavy atom. The zero-order valence-corrected chi connectivity index (χ0v) is 11.2. The second-order valence-electron chi connectivity index (χ2n) is 4.64. The van der Waals surface area contributed by atoms with Gasteiger partial charge in [-0.25, -0.2) is 0 Å². The third-order valence-electron chi connectivity index (χ3n) is 3.47. The maximum Gasteiger partial charge on any atom is 0.226 e. The Hall–Kier alpha value is -1.06. The van der Waals surface area contributed by atoms with Gasteiger partial charge in [-0.2, -0.15) is 0 Å². The molecule has 2 atom stereocenters. The third kappa shape index (κ3) is 2.85. The van der Waals surface area contributed by atoms with Gasteiger partial charge in [0, 0.05) is 24.0 Å². The molecule has 0 aromatic heterocycles. The minimum absolute atomic E-state index is 0.0257. The first kappa shape index (κ1) is 13.4. The number of aliphatic hydroxyl groups excluding tert-OH is 1. The van der Waals surface area contributed by atoms with Gasteiger partial charge in [-0.15, -0.1) is 0 Å². The van der Waals surface area contributed by atoms with Crippen LogP contribution in [0.5, 0.6) is 0 Å². The number of halogens is 1. The van der Waals surface area contributed by atoms with Crippen LogP contribution >= 0.6 is 11.6 Å². The van der Waals surface area contributed by atoms with E-state index in [4.69, 9.17) is 16.7 Å². The summed E-state index contributed by atoms with van der Waals surface area (Å²) in [7, 11) is 0. The molecule has 0 aliphatic heterocycles. The molecule has 1 aliphatic rings. The Kier molecular flexibility index (Phi) is 4.25. The minimum atomic E-state index is 0.0257. The fourth-order valence-corrected chi connectivity index (χ4v) is 2.45. The van der Waals surface area contributed by atoms with Crippen molar-refractivity contribution in [3.63, 3.8) is 0 Å². The first-order valence-electron chi connectivity index (χ1n) is 6.32. The molecule has 0 heterocycles. The van der Waals surface area contributed by atoms with Gasteiger partial charge >= 0.3 is 0 Å². The molecule has 1 fully saturated rings. The van der Waals surface area contributed by atoms with Crippen molar-refractivity contribution in [1.29, 1.82) is 0 Å². The highest BCUT2D eigenvalue weighted by Gasteiger charge is 2.45. The highest BCUT2D eigenvalue weighted by Crippen LogP contribution is 2.48. The van der Waals surface area contributed by atoms with E-state index in [1.54, 1.807) is 4.90 Å². The predicted octanol–water partition coefficient (Wildman–Crippen LogP) is 2.28. The quantitative estimate of drug-likeness (QED) is 0.889. The summed E-state index contributed by atoms with van der Waals surface area (Å²) in [6, 6.07) is 7.70. The molecule has 2 rings (SSSR count). The summed E-state index contributed by atoms with van der Waals surface area (Å²) in [5.74, 6) is 0.562. The minimum Gasteiger partial charge on any atom is -0.395 e. The maximum absolute atomic E-state index is 12.2. The summed E-state index contributed by atoms with van der Waals surface area (Å²) < 4.78 is 0. The average molecular weight is 268 g/mol. The molecule has 0 saturated heterocycles. The Morgan fingerprint density at radius 1 is 1.44 bits per heavy atom. The number of carbonyl (C=O) groups is 1. The van der Waals surface area contributed by atoms with E-state index in [0.717, 1.165) is 11.4 Å². The van der Waals surface area contributed by atoms with Crippen LogP contribution in [0.3, 0.4) is 0 Å². The molecule has 1 amide bonds. The zero-order chi connectivity index (χ0) is 13.1. The molecule has 1 aliphatic carbocycles. The summed E-state index contributed by atoms with van der Waals surface area (Å²) in [5, 5.41) is 9.64. The summed E-state index contributed by atoms with van der Waals surface area (Å²) in [6.07, 6.45) is 0.905. The number of carbonyl (C=O) groups excluding carboxylic acids is 1. The van der Waals surface area contributed by atoms with E-state index in [1.807, 2.05) is 31.2 Å². The summed E-state index contributed by atoms with van der Waals surface area (Å²) in [5.41, 5.74) is 1.18. The zero-order valence-electron chi connectivity index (χ0n) is 10.5. The fraction of sp³-hybridized carbons (Fsp3) is 0.500. The van der Waals surface area contributed by atoms with Gasteiger partial charge in [0.25, 0.3) is 0 Å². The highest BCUT2D eigenvalue weighted by atomic mass is 35.5. The number of benzene rings is 1. The van der Waals surface area contributed by atoms with Crippen molar-refractivity contribution in [3.8, 4) is 0 Å². The van der Waals surface area contributed by atoms with Gasteiger partial charge in [-0.05, 0) is 37.0 Å². The first-order chi connectivity index (χ1) is 8.67. The molecule has 0 bridgehead atoms.